The molecule has 0 aromatic carbocycles. The first kappa shape index (κ1) is 22.9. The van der Waals surface area contributed by atoms with Crippen LogP contribution in [0.3, 0.4) is 0 Å². The van der Waals surface area contributed by atoms with E-state index in [0.717, 1.165) is 55.0 Å². The molecule has 34 heavy (non-hydrogen) atoms. The van der Waals surface area contributed by atoms with E-state index in [9.17, 15) is 9.50 Å². The van der Waals surface area contributed by atoms with Crippen LogP contribution in [0.4, 0.5) is 4.39 Å². The van der Waals surface area contributed by atoms with Crippen LogP contribution in [-0.4, -0.2) is 80.6 Å². The molecule has 9 nitrogen and oxygen atoms in total. The highest BCUT2D eigenvalue weighted by molar-refractivity contribution is 5.64. The van der Waals surface area contributed by atoms with Gasteiger partial charge in [-0.1, -0.05) is 0 Å². The van der Waals surface area contributed by atoms with Crippen LogP contribution in [0.15, 0.2) is 24.7 Å². The molecule has 3 aromatic rings. The number of β-amino-alcohol motifs (C(OH)–C–C–N with tert-alkyl or cyclic N) is 1. The lowest BCUT2D eigenvalue weighted by atomic mass is 10.0. The van der Waals surface area contributed by atoms with Gasteiger partial charge in [0.2, 0.25) is 5.88 Å². The Labute approximate surface area is 198 Å². The van der Waals surface area contributed by atoms with Gasteiger partial charge in [-0.3, -0.25) is 4.68 Å². The lowest BCUT2D eigenvalue weighted by Gasteiger charge is -2.17. The third kappa shape index (κ3) is 4.70. The SMILES string of the molecule is COc1ncc(-n2nc(-c3cnn(C[C@@H]4CCN(CC(C)O)C4)c3)c3c2CCOCC3)cc1F. The highest BCUT2D eigenvalue weighted by Crippen LogP contribution is 2.31. The molecule has 1 N–H and O–H groups in total. The third-order valence-corrected chi connectivity index (χ3v) is 6.54. The maximum absolute atomic E-state index is 14.4. The minimum Gasteiger partial charge on any atom is -0.479 e. The first-order chi connectivity index (χ1) is 16.5. The summed E-state index contributed by atoms with van der Waals surface area (Å²) in [4.78, 5) is 6.40. The molecule has 0 amide bonds. The number of pyridine rings is 1. The van der Waals surface area contributed by atoms with Crippen LogP contribution in [0.25, 0.3) is 16.9 Å². The van der Waals surface area contributed by atoms with Crippen molar-refractivity contribution in [3.05, 3.63) is 41.7 Å². The molecule has 5 rings (SSSR count). The second-order valence-electron chi connectivity index (χ2n) is 9.20. The van der Waals surface area contributed by atoms with E-state index in [1.807, 2.05) is 24.0 Å². The van der Waals surface area contributed by atoms with Crippen LogP contribution in [0.2, 0.25) is 0 Å². The maximum Gasteiger partial charge on any atom is 0.250 e. The molecule has 2 aliphatic heterocycles. The van der Waals surface area contributed by atoms with Crippen molar-refractivity contribution in [2.24, 2.45) is 5.92 Å². The number of aliphatic hydroxyl groups excluding tert-OH is 1. The van der Waals surface area contributed by atoms with E-state index in [2.05, 4.69) is 15.0 Å². The monoisotopic (exact) mass is 470 g/mol. The zero-order valence-electron chi connectivity index (χ0n) is 19.7. The van der Waals surface area contributed by atoms with Crippen LogP contribution in [-0.2, 0) is 24.1 Å². The number of aliphatic hydroxyl groups is 1. The van der Waals surface area contributed by atoms with E-state index in [1.165, 1.54) is 13.2 Å². The van der Waals surface area contributed by atoms with Crippen molar-refractivity contribution in [3.8, 4) is 22.8 Å². The van der Waals surface area contributed by atoms with Crippen LogP contribution in [0, 0.1) is 11.7 Å². The largest absolute Gasteiger partial charge is 0.479 e. The van der Waals surface area contributed by atoms with E-state index in [1.54, 1.807) is 10.9 Å². The summed E-state index contributed by atoms with van der Waals surface area (Å²) in [5.41, 5.74) is 4.47. The Morgan fingerprint density at radius 3 is 2.94 bits per heavy atom. The average Bonchev–Trinajstić information content (AvgIpc) is 3.49. The summed E-state index contributed by atoms with van der Waals surface area (Å²) in [5.74, 6) is -0.0571. The first-order valence-corrected chi connectivity index (χ1v) is 11.8. The Morgan fingerprint density at radius 2 is 2.15 bits per heavy atom. The predicted molar refractivity (Wildman–Crippen MR) is 124 cm³/mol. The number of nitrogens with zero attached hydrogens (tertiary/aromatic N) is 6. The Morgan fingerprint density at radius 1 is 1.29 bits per heavy atom. The minimum absolute atomic E-state index is 0.0363. The molecule has 1 unspecified atom stereocenters. The second-order valence-corrected chi connectivity index (χ2v) is 9.20. The predicted octanol–water partition coefficient (Wildman–Crippen LogP) is 2.10. The molecule has 1 saturated heterocycles. The van der Waals surface area contributed by atoms with Gasteiger partial charge in [-0.2, -0.15) is 10.2 Å². The number of fused-ring (bicyclic) bond motifs is 1. The Bertz CT molecular complexity index is 1140. The zero-order chi connectivity index (χ0) is 23.7. The van der Waals surface area contributed by atoms with Crippen LogP contribution < -0.4 is 4.74 Å². The average molecular weight is 471 g/mol. The van der Waals surface area contributed by atoms with Gasteiger partial charge in [-0.05, 0) is 32.2 Å². The molecular weight excluding hydrogens is 439 g/mol. The van der Waals surface area contributed by atoms with Gasteiger partial charge < -0.3 is 19.5 Å². The number of methoxy groups -OCH3 is 1. The molecule has 0 aliphatic carbocycles. The highest BCUT2D eigenvalue weighted by Gasteiger charge is 2.26. The molecule has 0 saturated carbocycles. The van der Waals surface area contributed by atoms with E-state index >= 15 is 0 Å². The van der Waals surface area contributed by atoms with E-state index in [0.29, 0.717) is 37.8 Å². The summed E-state index contributed by atoms with van der Waals surface area (Å²) in [7, 11) is 1.40. The summed E-state index contributed by atoms with van der Waals surface area (Å²) in [6.07, 6.45) is 7.69. The fraction of sp³-hybridized carbons (Fsp3) is 0.542. The number of rotatable bonds is 7. The molecule has 2 atom stereocenters. The molecule has 10 heteroatoms. The van der Waals surface area contributed by atoms with E-state index < -0.39 is 5.82 Å². The van der Waals surface area contributed by atoms with Crippen molar-refractivity contribution in [3.63, 3.8) is 0 Å². The van der Waals surface area contributed by atoms with Crippen molar-refractivity contribution < 1.29 is 19.0 Å². The van der Waals surface area contributed by atoms with Gasteiger partial charge in [0.1, 0.15) is 0 Å². The maximum atomic E-state index is 14.4. The van der Waals surface area contributed by atoms with Crippen molar-refractivity contribution in [2.75, 3.05) is 40.0 Å². The first-order valence-electron chi connectivity index (χ1n) is 11.8. The second kappa shape index (κ2) is 9.81. The summed E-state index contributed by atoms with van der Waals surface area (Å²) < 4.78 is 28.8. The standard InChI is InChI=1S/C24H31FN6O3/c1-16(32)12-29-6-3-17(13-29)14-30-15-18(10-27-30)23-20-4-7-34-8-5-22(20)31(28-23)19-9-21(25)24(33-2)26-11-19/h9-11,15-17,32H,3-8,12-14H2,1-2H3/t16?,17-/m1/s1. The molecular formula is C24H31FN6O3. The number of hydrogen-bond donors (Lipinski definition) is 1. The summed E-state index contributed by atoms with van der Waals surface area (Å²) >= 11 is 0. The van der Waals surface area contributed by atoms with Gasteiger partial charge >= 0.3 is 0 Å². The molecule has 0 bridgehead atoms. The van der Waals surface area contributed by atoms with E-state index in [-0.39, 0.29) is 12.0 Å². The lowest BCUT2D eigenvalue weighted by Crippen LogP contribution is -2.29. The molecule has 2 aliphatic rings. The number of likely N-dealkylation sites (tertiary alicyclic amines) is 1. The molecule has 1 fully saturated rings. The van der Waals surface area contributed by atoms with Crippen LogP contribution >= 0.6 is 0 Å². The minimum atomic E-state index is -0.523. The normalized spacial score (nSPS) is 19.7. The molecule has 3 aromatic heterocycles. The number of halogens is 1. The van der Waals surface area contributed by atoms with Gasteiger partial charge in [-0.25, -0.2) is 14.1 Å². The van der Waals surface area contributed by atoms with Gasteiger partial charge in [0, 0.05) is 49.4 Å². The number of aromatic nitrogens is 5. The summed E-state index contributed by atoms with van der Waals surface area (Å²) in [6, 6.07) is 1.40. The van der Waals surface area contributed by atoms with Gasteiger partial charge in [-0.15, -0.1) is 0 Å². The molecule has 0 spiro atoms. The Balaban J connectivity index is 1.41. The van der Waals surface area contributed by atoms with Gasteiger partial charge in [0.15, 0.2) is 5.82 Å². The third-order valence-electron chi connectivity index (χ3n) is 6.54. The Hall–Kier alpha value is -2.82. The van der Waals surface area contributed by atoms with Crippen LogP contribution in [0.5, 0.6) is 5.88 Å². The number of ether oxygens (including phenoxy) is 2. The smallest absolute Gasteiger partial charge is 0.250 e. The number of hydrogen-bond acceptors (Lipinski definition) is 7. The van der Waals surface area contributed by atoms with Crippen molar-refractivity contribution in [1.29, 1.82) is 0 Å². The molecule has 5 heterocycles. The topological polar surface area (TPSA) is 90.5 Å². The quantitative estimate of drug-likeness (QED) is 0.566. The van der Waals surface area contributed by atoms with Gasteiger partial charge in [0.25, 0.3) is 0 Å². The molecule has 182 valence electrons. The fourth-order valence-electron chi connectivity index (χ4n) is 5.03. The van der Waals surface area contributed by atoms with Gasteiger partial charge in [0.05, 0.1) is 55.9 Å². The lowest BCUT2D eigenvalue weighted by molar-refractivity contribution is 0.138. The Kier molecular flexibility index (Phi) is 6.62. The fourth-order valence-corrected chi connectivity index (χ4v) is 5.03. The van der Waals surface area contributed by atoms with Crippen molar-refractivity contribution >= 4 is 0 Å². The summed E-state index contributed by atoms with van der Waals surface area (Å²) in [6.45, 7) is 6.57. The summed E-state index contributed by atoms with van der Waals surface area (Å²) in [5, 5.41) is 19.2. The zero-order valence-corrected chi connectivity index (χ0v) is 19.7. The van der Waals surface area contributed by atoms with E-state index in [4.69, 9.17) is 14.6 Å². The van der Waals surface area contributed by atoms with Crippen LogP contribution in [0.1, 0.15) is 24.6 Å². The van der Waals surface area contributed by atoms with Crippen molar-refractivity contribution in [2.45, 2.75) is 38.8 Å². The molecule has 0 radical (unpaired) electrons. The van der Waals surface area contributed by atoms with Crippen molar-refractivity contribution in [1.82, 2.24) is 29.4 Å². The highest BCUT2D eigenvalue weighted by atomic mass is 19.1.